The monoisotopic (exact) mass is 365 g/mol. The summed E-state index contributed by atoms with van der Waals surface area (Å²) in [5, 5.41) is 11.0. The Labute approximate surface area is 152 Å². The van der Waals surface area contributed by atoms with Gasteiger partial charge >= 0.3 is 0 Å². The van der Waals surface area contributed by atoms with Crippen LogP contribution in [0.3, 0.4) is 0 Å². The number of guanidine groups is 1. The van der Waals surface area contributed by atoms with E-state index in [9.17, 15) is 0 Å². The van der Waals surface area contributed by atoms with Crippen LogP contribution in [0.4, 0.5) is 0 Å². The average Bonchev–Trinajstić information content (AvgIpc) is 3.12. The number of aryl methyl sites for hydroxylation is 2. The Morgan fingerprint density at radius 2 is 2.04 bits per heavy atom. The van der Waals surface area contributed by atoms with E-state index in [0.29, 0.717) is 12.5 Å². The van der Waals surface area contributed by atoms with Crippen molar-refractivity contribution < 1.29 is 0 Å². The second kappa shape index (κ2) is 9.13. The van der Waals surface area contributed by atoms with Crippen molar-refractivity contribution in [2.24, 2.45) is 4.99 Å². The van der Waals surface area contributed by atoms with E-state index in [4.69, 9.17) is 0 Å². The van der Waals surface area contributed by atoms with Gasteiger partial charge in [0.1, 0.15) is 5.01 Å². The van der Waals surface area contributed by atoms with Gasteiger partial charge in [-0.3, -0.25) is 0 Å². The molecule has 2 aromatic heterocycles. The fraction of sp³-hybridized carbons (Fsp3) is 0.588. The van der Waals surface area contributed by atoms with Gasteiger partial charge in [-0.25, -0.2) is 15.0 Å². The third-order valence-corrected chi connectivity index (χ3v) is 5.51. The lowest BCUT2D eigenvalue weighted by molar-refractivity contribution is 0.795. The molecule has 0 bridgehead atoms. The summed E-state index contributed by atoms with van der Waals surface area (Å²) in [6.45, 7) is 12.9. The lowest BCUT2D eigenvalue weighted by Crippen LogP contribution is -2.38. The molecule has 0 radical (unpaired) electrons. The van der Waals surface area contributed by atoms with Crippen LogP contribution < -0.4 is 10.6 Å². The van der Waals surface area contributed by atoms with Crippen molar-refractivity contribution in [2.45, 2.75) is 53.5 Å². The maximum atomic E-state index is 4.65. The van der Waals surface area contributed by atoms with Crippen molar-refractivity contribution >= 4 is 28.6 Å². The summed E-state index contributed by atoms with van der Waals surface area (Å²) in [6, 6.07) is 0. The molecule has 0 unspecified atom stereocenters. The molecule has 7 heteroatoms. The molecule has 0 aliphatic heterocycles. The smallest absolute Gasteiger partial charge is 0.191 e. The number of aliphatic imine (C=N–C) groups is 1. The van der Waals surface area contributed by atoms with Gasteiger partial charge in [0.2, 0.25) is 0 Å². The molecule has 0 saturated heterocycles. The van der Waals surface area contributed by atoms with Crippen LogP contribution in [0.5, 0.6) is 0 Å². The highest BCUT2D eigenvalue weighted by Crippen LogP contribution is 2.18. The van der Waals surface area contributed by atoms with Crippen LogP contribution in [-0.4, -0.2) is 29.0 Å². The minimum Gasteiger partial charge on any atom is -0.357 e. The van der Waals surface area contributed by atoms with Gasteiger partial charge < -0.3 is 10.6 Å². The molecule has 24 heavy (non-hydrogen) atoms. The van der Waals surface area contributed by atoms with Gasteiger partial charge in [0.05, 0.1) is 22.9 Å². The summed E-state index contributed by atoms with van der Waals surface area (Å²) in [7, 11) is 0. The first-order valence-electron chi connectivity index (χ1n) is 8.39. The predicted octanol–water partition coefficient (Wildman–Crippen LogP) is 3.64. The van der Waals surface area contributed by atoms with Gasteiger partial charge in [-0.2, -0.15) is 0 Å². The summed E-state index contributed by atoms with van der Waals surface area (Å²) < 4.78 is 0. The van der Waals surface area contributed by atoms with Crippen LogP contribution in [0.2, 0.25) is 0 Å². The summed E-state index contributed by atoms with van der Waals surface area (Å²) in [4.78, 5) is 15.1. The Kier molecular flexibility index (Phi) is 7.17. The topological polar surface area (TPSA) is 62.2 Å². The normalized spacial score (nSPS) is 12.0. The zero-order valence-corrected chi connectivity index (χ0v) is 16.8. The van der Waals surface area contributed by atoms with Gasteiger partial charge in [0, 0.05) is 29.8 Å². The molecule has 5 nitrogen and oxygen atoms in total. The second-order valence-electron chi connectivity index (χ2n) is 5.93. The largest absolute Gasteiger partial charge is 0.357 e. The van der Waals surface area contributed by atoms with Crippen molar-refractivity contribution in [1.29, 1.82) is 0 Å². The Morgan fingerprint density at radius 3 is 2.62 bits per heavy atom. The lowest BCUT2D eigenvalue weighted by Gasteiger charge is -2.10. The van der Waals surface area contributed by atoms with Gasteiger partial charge in [-0.05, 0) is 26.7 Å². The molecule has 2 heterocycles. The zero-order valence-electron chi connectivity index (χ0n) is 15.1. The molecule has 2 N–H and O–H groups in total. The zero-order chi connectivity index (χ0) is 17.5. The first kappa shape index (κ1) is 18.9. The number of hydrogen-bond donors (Lipinski definition) is 2. The van der Waals surface area contributed by atoms with E-state index in [1.54, 1.807) is 22.7 Å². The molecule has 2 aromatic rings. The van der Waals surface area contributed by atoms with Gasteiger partial charge in [0.15, 0.2) is 5.96 Å². The SMILES string of the molecule is CCNC(=NCc1nc(C(C)C)cs1)NCCc1sc(C)nc1C. The van der Waals surface area contributed by atoms with Gasteiger partial charge in [-0.1, -0.05) is 13.8 Å². The molecular formula is C17H27N5S2. The third-order valence-electron chi connectivity index (χ3n) is 3.52. The second-order valence-corrected chi connectivity index (χ2v) is 8.16. The van der Waals surface area contributed by atoms with Crippen LogP contribution in [0.15, 0.2) is 10.4 Å². The summed E-state index contributed by atoms with van der Waals surface area (Å²) in [6.07, 6.45) is 0.969. The standard InChI is InChI=1S/C17H27N5S2/c1-6-18-17(19-8-7-15-12(4)21-13(5)24-15)20-9-16-22-14(10-23-16)11(2)3/h10-11H,6-9H2,1-5H3,(H2,18,19,20). The predicted molar refractivity (Wildman–Crippen MR) is 104 cm³/mol. The maximum absolute atomic E-state index is 4.65. The Bertz CT molecular complexity index is 672. The fourth-order valence-corrected chi connectivity index (χ4v) is 4.07. The van der Waals surface area contributed by atoms with Crippen molar-refractivity contribution in [3.05, 3.63) is 31.7 Å². The van der Waals surface area contributed by atoms with Crippen LogP contribution in [0, 0.1) is 13.8 Å². The average molecular weight is 366 g/mol. The van der Waals surface area contributed by atoms with E-state index in [1.807, 2.05) is 0 Å². The number of hydrogen-bond acceptors (Lipinski definition) is 5. The lowest BCUT2D eigenvalue weighted by atomic mass is 10.2. The van der Waals surface area contributed by atoms with E-state index in [-0.39, 0.29) is 0 Å². The summed E-state index contributed by atoms with van der Waals surface area (Å²) in [5.41, 5.74) is 2.30. The number of nitrogens with one attached hydrogen (secondary N) is 2. The minimum atomic E-state index is 0.469. The molecule has 0 aliphatic rings. The Balaban J connectivity index is 1.89. The van der Waals surface area contributed by atoms with Crippen molar-refractivity contribution in [3.8, 4) is 0 Å². The van der Waals surface area contributed by atoms with Gasteiger partial charge in [-0.15, -0.1) is 22.7 Å². The van der Waals surface area contributed by atoms with E-state index in [1.165, 1.54) is 4.88 Å². The summed E-state index contributed by atoms with van der Waals surface area (Å²) >= 11 is 3.46. The minimum absolute atomic E-state index is 0.469. The van der Waals surface area contributed by atoms with Crippen LogP contribution in [-0.2, 0) is 13.0 Å². The number of rotatable bonds is 7. The highest BCUT2D eigenvalue weighted by atomic mass is 32.1. The van der Waals surface area contributed by atoms with Gasteiger partial charge in [0.25, 0.3) is 0 Å². The number of nitrogens with zero attached hydrogens (tertiary/aromatic N) is 3. The Morgan fingerprint density at radius 1 is 1.25 bits per heavy atom. The molecular weight excluding hydrogens is 338 g/mol. The highest BCUT2D eigenvalue weighted by molar-refractivity contribution is 7.11. The molecule has 0 atom stereocenters. The molecule has 0 fully saturated rings. The number of aromatic nitrogens is 2. The van der Waals surface area contributed by atoms with E-state index in [2.05, 4.69) is 65.6 Å². The first-order chi connectivity index (χ1) is 11.5. The molecule has 0 saturated carbocycles. The first-order valence-corrected chi connectivity index (χ1v) is 10.1. The molecule has 132 valence electrons. The van der Waals surface area contributed by atoms with Crippen molar-refractivity contribution in [2.75, 3.05) is 13.1 Å². The van der Waals surface area contributed by atoms with Crippen LogP contribution in [0.1, 0.15) is 53.0 Å². The van der Waals surface area contributed by atoms with E-state index >= 15 is 0 Å². The van der Waals surface area contributed by atoms with Crippen LogP contribution in [0.25, 0.3) is 0 Å². The molecule has 0 aliphatic carbocycles. The quantitative estimate of drug-likeness (QED) is 0.581. The fourth-order valence-electron chi connectivity index (χ4n) is 2.25. The van der Waals surface area contributed by atoms with E-state index < -0.39 is 0 Å². The molecule has 0 amide bonds. The number of thiazole rings is 2. The maximum Gasteiger partial charge on any atom is 0.191 e. The molecule has 0 spiro atoms. The van der Waals surface area contributed by atoms with Crippen molar-refractivity contribution in [3.63, 3.8) is 0 Å². The molecule has 2 rings (SSSR count). The van der Waals surface area contributed by atoms with Crippen molar-refractivity contribution in [1.82, 2.24) is 20.6 Å². The van der Waals surface area contributed by atoms with Crippen LogP contribution >= 0.6 is 22.7 Å². The third kappa shape index (κ3) is 5.56. The molecule has 0 aromatic carbocycles. The highest BCUT2D eigenvalue weighted by Gasteiger charge is 2.07. The Hall–Kier alpha value is -1.47. The summed E-state index contributed by atoms with van der Waals surface area (Å²) in [5.74, 6) is 1.31. The van der Waals surface area contributed by atoms with E-state index in [0.717, 1.165) is 46.9 Å².